The first-order valence-corrected chi connectivity index (χ1v) is 8.38. The van der Waals surface area contributed by atoms with Crippen molar-refractivity contribution in [3.8, 4) is 0 Å². The topological polar surface area (TPSA) is 57.6 Å². The predicted molar refractivity (Wildman–Crippen MR) is 79.0 cm³/mol. The van der Waals surface area contributed by atoms with Crippen LogP contribution < -0.4 is 0 Å². The molecule has 0 unspecified atom stereocenters. The van der Waals surface area contributed by atoms with Crippen LogP contribution in [0.3, 0.4) is 0 Å². The SMILES string of the molecule is Cc1cc(CO)cc(S(=O)(=O)N2CCCC2(C)C)c1C. The molecule has 1 heterocycles. The number of hydrogen-bond donors (Lipinski definition) is 1. The van der Waals surface area contributed by atoms with E-state index in [-0.39, 0.29) is 12.1 Å². The van der Waals surface area contributed by atoms with Crippen LogP contribution in [-0.4, -0.2) is 29.9 Å². The summed E-state index contributed by atoms with van der Waals surface area (Å²) in [4.78, 5) is 0.330. The van der Waals surface area contributed by atoms with Gasteiger partial charge in [0.25, 0.3) is 0 Å². The molecule has 1 aliphatic heterocycles. The van der Waals surface area contributed by atoms with Crippen LogP contribution in [0.25, 0.3) is 0 Å². The van der Waals surface area contributed by atoms with Gasteiger partial charge < -0.3 is 5.11 Å². The molecule has 1 aliphatic rings. The molecule has 0 spiro atoms. The maximum Gasteiger partial charge on any atom is 0.243 e. The number of aryl methyl sites for hydroxylation is 1. The van der Waals surface area contributed by atoms with Crippen LogP contribution >= 0.6 is 0 Å². The summed E-state index contributed by atoms with van der Waals surface area (Å²) in [7, 11) is -3.51. The van der Waals surface area contributed by atoms with Crippen molar-refractivity contribution in [2.24, 2.45) is 0 Å². The molecule has 0 saturated carbocycles. The van der Waals surface area contributed by atoms with Gasteiger partial charge in [0.05, 0.1) is 11.5 Å². The third-order valence-corrected chi connectivity index (χ3v) is 6.49. The van der Waals surface area contributed by atoms with Gasteiger partial charge in [-0.25, -0.2) is 8.42 Å². The second-order valence-electron chi connectivity index (χ2n) is 6.19. The van der Waals surface area contributed by atoms with Crippen LogP contribution in [0.4, 0.5) is 0 Å². The van der Waals surface area contributed by atoms with Gasteiger partial charge in [0.2, 0.25) is 10.0 Å². The Bertz CT molecular complexity index is 620. The van der Waals surface area contributed by atoms with E-state index in [0.717, 1.165) is 24.0 Å². The zero-order chi connectivity index (χ0) is 15.1. The summed E-state index contributed by atoms with van der Waals surface area (Å²) in [6, 6.07) is 3.44. The molecule has 112 valence electrons. The molecule has 0 aliphatic carbocycles. The van der Waals surface area contributed by atoms with Gasteiger partial charge in [-0.15, -0.1) is 0 Å². The number of aliphatic hydroxyl groups excluding tert-OH is 1. The van der Waals surface area contributed by atoms with Gasteiger partial charge in [-0.1, -0.05) is 6.07 Å². The van der Waals surface area contributed by atoms with Crippen molar-refractivity contribution in [1.82, 2.24) is 4.31 Å². The van der Waals surface area contributed by atoms with Gasteiger partial charge >= 0.3 is 0 Å². The van der Waals surface area contributed by atoms with E-state index < -0.39 is 10.0 Å². The fourth-order valence-electron chi connectivity index (χ4n) is 2.91. The van der Waals surface area contributed by atoms with Crippen molar-refractivity contribution < 1.29 is 13.5 Å². The summed E-state index contributed by atoms with van der Waals surface area (Å²) in [5.74, 6) is 0. The quantitative estimate of drug-likeness (QED) is 0.932. The molecular weight excluding hydrogens is 274 g/mol. The van der Waals surface area contributed by atoms with Gasteiger partial charge in [0.1, 0.15) is 0 Å². The average molecular weight is 297 g/mol. The molecule has 0 bridgehead atoms. The lowest BCUT2D eigenvalue weighted by Crippen LogP contribution is -2.42. The predicted octanol–water partition coefficient (Wildman–Crippen LogP) is 2.36. The lowest BCUT2D eigenvalue weighted by molar-refractivity contribution is 0.281. The fourth-order valence-corrected chi connectivity index (χ4v) is 5.10. The highest BCUT2D eigenvalue weighted by molar-refractivity contribution is 7.89. The lowest BCUT2D eigenvalue weighted by Gasteiger charge is -2.31. The molecule has 1 aromatic carbocycles. The zero-order valence-corrected chi connectivity index (χ0v) is 13.4. The molecule has 1 saturated heterocycles. The molecule has 5 heteroatoms. The van der Waals surface area contributed by atoms with E-state index in [1.807, 2.05) is 33.8 Å². The maximum atomic E-state index is 12.9. The summed E-state index contributed by atoms with van der Waals surface area (Å²) in [5, 5.41) is 9.30. The summed E-state index contributed by atoms with van der Waals surface area (Å²) in [6.45, 7) is 8.06. The Labute approximate surface area is 121 Å². The van der Waals surface area contributed by atoms with Crippen LogP contribution in [0.15, 0.2) is 17.0 Å². The molecule has 1 aromatic rings. The highest BCUT2D eigenvalue weighted by atomic mass is 32.2. The van der Waals surface area contributed by atoms with Crippen molar-refractivity contribution >= 4 is 10.0 Å². The van der Waals surface area contributed by atoms with Gasteiger partial charge in [0, 0.05) is 12.1 Å². The molecule has 0 aromatic heterocycles. The molecule has 0 amide bonds. The normalized spacial score (nSPS) is 19.4. The molecule has 1 N–H and O–H groups in total. The molecule has 0 atom stereocenters. The minimum Gasteiger partial charge on any atom is -0.392 e. The number of aliphatic hydroxyl groups is 1. The molecule has 0 radical (unpaired) electrons. The van der Waals surface area contributed by atoms with Crippen molar-refractivity contribution in [1.29, 1.82) is 0 Å². The number of nitrogens with zero attached hydrogens (tertiary/aromatic N) is 1. The minimum absolute atomic E-state index is 0.146. The Hall–Kier alpha value is -0.910. The van der Waals surface area contributed by atoms with E-state index in [4.69, 9.17) is 0 Å². The molecule has 2 rings (SSSR count). The van der Waals surface area contributed by atoms with E-state index in [2.05, 4.69) is 0 Å². The summed E-state index contributed by atoms with van der Waals surface area (Å²) < 4.78 is 27.5. The van der Waals surface area contributed by atoms with Crippen molar-refractivity contribution in [2.75, 3.05) is 6.54 Å². The van der Waals surface area contributed by atoms with E-state index >= 15 is 0 Å². The third kappa shape index (κ3) is 2.50. The van der Waals surface area contributed by atoms with Gasteiger partial charge in [0.15, 0.2) is 0 Å². The van der Waals surface area contributed by atoms with Crippen molar-refractivity contribution in [3.63, 3.8) is 0 Å². The van der Waals surface area contributed by atoms with Crippen molar-refractivity contribution in [3.05, 3.63) is 28.8 Å². The summed E-state index contributed by atoms with van der Waals surface area (Å²) in [6.07, 6.45) is 1.77. The van der Waals surface area contributed by atoms with Crippen LogP contribution in [0.5, 0.6) is 0 Å². The van der Waals surface area contributed by atoms with Gasteiger partial charge in [-0.3, -0.25) is 0 Å². The lowest BCUT2D eigenvalue weighted by atomic mass is 10.0. The van der Waals surface area contributed by atoms with E-state index in [1.165, 1.54) is 0 Å². The van der Waals surface area contributed by atoms with E-state index in [1.54, 1.807) is 10.4 Å². The number of hydrogen-bond acceptors (Lipinski definition) is 3. The Morgan fingerprint density at radius 1 is 1.30 bits per heavy atom. The Kier molecular flexibility index (Phi) is 3.97. The van der Waals surface area contributed by atoms with Gasteiger partial charge in [-0.05, 0) is 63.3 Å². The number of sulfonamides is 1. The zero-order valence-electron chi connectivity index (χ0n) is 12.6. The van der Waals surface area contributed by atoms with Crippen LogP contribution in [-0.2, 0) is 16.6 Å². The fraction of sp³-hybridized carbons (Fsp3) is 0.600. The minimum atomic E-state index is -3.51. The largest absolute Gasteiger partial charge is 0.392 e. The summed E-state index contributed by atoms with van der Waals surface area (Å²) in [5.41, 5.74) is 1.97. The third-order valence-electron chi connectivity index (χ3n) is 4.26. The van der Waals surface area contributed by atoms with Crippen LogP contribution in [0, 0.1) is 13.8 Å². The van der Waals surface area contributed by atoms with E-state index in [0.29, 0.717) is 17.0 Å². The van der Waals surface area contributed by atoms with E-state index in [9.17, 15) is 13.5 Å². The van der Waals surface area contributed by atoms with Crippen LogP contribution in [0.1, 0.15) is 43.4 Å². The smallest absolute Gasteiger partial charge is 0.243 e. The summed E-state index contributed by atoms with van der Waals surface area (Å²) >= 11 is 0. The molecular formula is C15H23NO3S. The first-order valence-electron chi connectivity index (χ1n) is 6.94. The highest BCUT2D eigenvalue weighted by Crippen LogP contribution is 2.35. The van der Waals surface area contributed by atoms with Crippen molar-refractivity contribution in [2.45, 2.75) is 57.6 Å². The van der Waals surface area contributed by atoms with Gasteiger partial charge in [-0.2, -0.15) is 4.31 Å². The maximum absolute atomic E-state index is 12.9. The second kappa shape index (κ2) is 5.13. The Balaban J connectivity index is 2.58. The Morgan fingerprint density at radius 3 is 2.45 bits per heavy atom. The molecule has 4 nitrogen and oxygen atoms in total. The first-order chi connectivity index (χ1) is 9.20. The van der Waals surface area contributed by atoms with Crippen LogP contribution in [0.2, 0.25) is 0 Å². The average Bonchev–Trinajstić information content (AvgIpc) is 2.72. The second-order valence-corrected chi connectivity index (χ2v) is 8.02. The molecule has 1 fully saturated rings. The monoisotopic (exact) mass is 297 g/mol. The number of rotatable bonds is 3. The number of benzene rings is 1. The first kappa shape index (κ1) is 15.5. The highest BCUT2D eigenvalue weighted by Gasteiger charge is 2.41. The molecule has 20 heavy (non-hydrogen) atoms. The standard InChI is InChI=1S/C15H23NO3S/c1-11-8-13(10-17)9-14(12(11)2)20(18,19)16-7-5-6-15(16,3)4/h8-9,17H,5-7,10H2,1-4H3. The Morgan fingerprint density at radius 2 is 1.95 bits per heavy atom.